The van der Waals surface area contributed by atoms with Crippen molar-refractivity contribution < 1.29 is 13.9 Å². The summed E-state index contributed by atoms with van der Waals surface area (Å²) in [5, 5.41) is 2.95. The van der Waals surface area contributed by atoms with Gasteiger partial charge in [-0.05, 0) is 62.2 Å². The number of hydrogen-bond acceptors (Lipinski definition) is 5. The van der Waals surface area contributed by atoms with E-state index >= 15 is 0 Å². The van der Waals surface area contributed by atoms with Crippen LogP contribution < -0.4 is 5.32 Å². The van der Waals surface area contributed by atoms with Crippen molar-refractivity contribution in [1.29, 1.82) is 0 Å². The van der Waals surface area contributed by atoms with Gasteiger partial charge in [-0.3, -0.25) is 23.9 Å². The number of nitrogens with one attached hydrogen (secondary N) is 1. The smallest absolute Gasteiger partial charge is 0.251 e. The largest absolute Gasteiger partial charge is 0.345 e. The van der Waals surface area contributed by atoms with Crippen LogP contribution in [0.15, 0.2) is 59.8 Å². The van der Waals surface area contributed by atoms with Gasteiger partial charge in [0.2, 0.25) is 0 Å². The second-order valence-electron chi connectivity index (χ2n) is 7.23. The maximum atomic E-state index is 12.9. The number of aryl methyl sites for hydroxylation is 2. The van der Waals surface area contributed by atoms with Crippen LogP contribution in [-0.2, 0) is 0 Å². The zero-order chi connectivity index (χ0) is 21.2. The summed E-state index contributed by atoms with van der Waals surface area (Å²) in [7, 11) is -3.00. The quantitative estimate of drug-likeness (QED) is 0.550. The molecule has 1 atom stereocenters. The van der Waals surface area contributed by atoms with Gasteiger partial charge >= 0.3 is 0 Å². The first-order chi connectivity index (χ1) is 13.6. The van der Waals surface area contributed by atoms with Crippen LogP contribution in [0.25, 0.3) is 11.3 Å². The predicted molar refractivity (Wildman–Crippen MR) is 116 cm³/mol. The van der Waals surface area contributed by atoms with E-state index in [1.807, 2.05) is 45.0 Å². The van der Waals surface area contributed by atoms with Crippen LogP contribution in [0.5, 0.6) is 0 Å². The molecule has 0 saturated heterocycles. The lowest BCUT2D eigenvalue weighted by Crippen LogP contribution is -2.27. The zero-order valence-corrected chi connectivity index (χ0v) is 17.7. The molecule has 2 heterocycles. The Labute approximate surface area is 172 Å². The first-order valence-electron chi connectivity index (χ1n) is 9.18. The third-order valence-electron chi connectivity index (χ3n) is 4.60. The highest BCUT2D eigenvalue weighted by molar-refractivity contribution is 8.23. The van der Waals surface area contributed by atoms with Gasteiger partial charge in [0, 0.05) is 35.5 Å². The fourth-order valence-electron chi connectivity index (χ4n) is 2.84. The number of pyridine rings is 2. The van der Waals surface area contributed by atoms with Crippen molar-refractivity contribution in [2.24, 2.45) is 0 Å². The Hall–Kier alpha value is -2.74. The number of amides is 1. The van der Waals surface area contributed by atoms with E-state index in [1.54, 1.807) is 24.5 Å². The Morgan fingerprint density at radius 2 is 1.79 bits per heavy atom. The summed E-state index contributed by atoms with van der Waals surface area (Å²) in [6, 6.07) is 12.2. The highest BCUT2D eigenvalue weighted by atomic mass is 32.3. The predicted octanol–water partition coefficient (Wildman–Crippen LogP) is 4.99. The van der Waals surface area contributed by atoms with E-state index in [0.29, 0.717) is 21.7 Å². The van der Waals surface area contributed by atoms with Crippen molar-refractivity contribution in [1.82, 2.24) is 15.3 Å². The fraction of sp³-hybridized carbons (Fsp3) is 0.227. The molecule has 6 nitrogen and oxygen atoms in total. The average Bonchev–Trinajstić information content (AvgIpc) is 2.68. The summed E-state index contributed by atoms with van der Waals surface area (Å²) in [5.41, 5.74) is 4.46. The average molecular weight is 412 g/mol. The van der Waals surface area contributed by atoms with Gasteiger partial charge in [-0.2, -0.15) is 10.6 Å². The Bertz CT molecular complexity index is 1010. The molecule has 3 aromatic rings. The molecule has 7 heteroatoms. The first kappa shape index (κ1) is 21.0. The molecule has 0 bridgehead atoms. The molecule has 3 N–H and O–H groups in total. The van der Waals surface area contributed by atoms with Crippen molar-refractivity contribution in [2.45, 2.75) is 31.7 Å². The van der Waals surface area contributed by atoms with Gasteiger partial charge in [0.15, 0.2) is 0 Å². The highest BCUT2D eigenvalue weighted by Gasteiger charge is 2.18. The Balaban J connectivity index is 1.94. The molecule has 0 spiro atoms. The third-order valence-corrected chi connectivity index (χ3v) is 5.73. The molecule has 3 rings (SSSR count). The monoisotopic (exact) mass is 411 g/mol. The van der Waals surface area contributed by atoms with Crippen LogP contribution in [0.3, 0.4) is 0 Å². The molecule has 0 aliphatic carbocycles. The normalized spacial score (nSPS) is 13.0. The molecular weight excluding hydrogens is 386 g/mol. The number of benzene rings is 1. The molecule has 0 saturated carbocycles. The van der Waals surface area contributed by atoms with Crippen molar-refractivity contribution in [2.75, 3.05) is 6.26 Å². The first-order valence-corrected chi connectivity index (χ1v) is 11.1. The number of carbonyl (C=O) groups excluding carboxylic acids is 1. The lowest BCUT2D eigenvalue weighted by atomic mass is 10.1. The summed E-state index contributed by atoms with van der Waals surface area (Å²) < 4.78 is 20.4. The minimum Gasteiger partial charge on any atom is -0.345 e. The Morgan fingerprint density at radius 3 is 2.38 bits per heavy atom. The highest BCUT2D eigenvalue weighted by Crippen LogP contribution is 2.45. The number of rotatable bonds is 5. The van der Waals surface area contributed by atoms with E-state index in [9.17, 15) is 13.9 Å². The van der Waals surface area contributed by atoms with Crippen molar-refractivity contribution >= 4 is 16.5 Å². The van der Waals surface area contributed by atoms with Gasteiger partial charge in [-0.25, -0.2) is 0 Å². The van der Waals surface area contributed by atoms with Gasteiger partial charge < -0.3 is 5.32 Å². The van der Waals surface area contributed by atoms with Crippen LogP contribution in [0.2, 0.25) is 0 Å². The van der Waals surface area contributed by atoms with Gasteiger partial charge in [-0.15, -0.1) is 0 Å². The molecule has 1 aromatic carbocycles. The summed E-state index contributed by atoms with van der Waals surface area (Å²) in [4.78, 5) is 21.9. The van der Waals surface area contributed by atoms with Crippen molar-refractivity contribution in [3.05, 3.63) is 77.2 Å². The minimum absolute atomic E-state index is 0.248. The molecule has 29 heavy (non-hydrogen) atoms. The van der Waals surface area contributed by atoms with E-state index in [-0.39, 0.29) is 11.9 Å². The van der Waals surface area contributed by atoms with Gasteiger partial charge in [0.25, 0.3) is 5.91 Å². The molecule has 1 amide bonds. The van der Waals surface area contributed by atoms with Gasteiger partial charge in [0.05, 0.1) is 16.6 Å². The maximum absolute atomic E-state index is 12.9. The number of nitrogens with zero attached hydrogens (tertiary/aromatic N) is 2. The minimum atomic E-state index is -3.00. The Kier molecular flexibility index (Phi) is 6.02. The SMILES string of the molecule is Cc1ccc(-c2cc(C(=O)N[C@H](C)c3ccc(C)nc3)cc(S(C)(O)O)c2)nc1. The Morgan fingerprint density at radius 1 is 1.03 bits per heavy atom. The zero-order valence-electron chi connectivity index (χ0n) is 16.9. The standard InChI is InChI=1S/C22H25N3O3S/c1-14-5-8-21(24-12-14)18-9-19(11-20(10-18)29(4,27)28)22(26)25-16(3)17-7-6-15(2)23-13-17/h5-13,16,27-28H,1-4H3,(H,25,26)/t16-/m1/s1. The summed E-state index contributed by atoms with van der Waals surface area (Å²) in [6.07, 6.45) is 4.82. The van der Waals surface area contributed by atoms with Crippen LogP contribution in [0, 0.1) is 13.8 Å². The molecular formula is C22H25N3O3S. The second kappa shape index (κ2) is 8.32. The number of aromatic nitrogens is 2. The maximum Gasteiger partial charge on any atom is 0.251 e. The molecule has 0 aliphatic rings. The topological polar surface area (TPSA) is 95.3 Å². The van der Waals surface area contributed by atoms with Gasteiger partial charge in [-0.1, -0.05) is 12.1 Å². The molecule has 0 unspecified atom stereocenters. The van der Waals surface area contributed by atoms with Gasteiger partial charge in [0.1, 0.15) is 0 Å². The van der Waals surface area contributed by atoms with Crippen molar-refractivity contribution in [3.63, 3.8) is 0 Å². The van der Waals surface area contributed by atoms with E-state index in [4.69, 9.17) is 0 Å². The molecule has 0 radical (unpaired) electrons. The number of hydrogen-bond donors (Lipinski definition) is 3. The van der Waals surface area contributed by atoms with E-state index < -0.39 is 10.6 Å². The van der Waals surface area contributed by atoms with Crippen LogP contribution in [-0.4, -0.2) is 31.2 Å². The summed E-state index contributed by atoms with van der Waals surface area (Å²) in [6.45, 7) is 5.72. The fourth-order valence-corrected chi connectivity index (χ4v) is 3.54. The van der Waals surface area contributed by atoms with Crippen LogP contribution in [0.4, 0.5) is 0 Å². The molecule has 0 aliphatic heterocycles. The van der Waals surface area contributed by atoms with Crippen LogP contribution in [0.1, 0.15) is 40.1 Å². The number of carbonyl (C=O) groups is 1. The lowest BCUT2D eigenvalue weighted by molar-refractivity contribution is 0.0939. The molecule has 2 aromatic heterocycles. The molecule has 0 fully saturated rings. The van der Waals surface area contributed by atoms with E-state index in [1.165, 1.54) is 12.3 Å². The van der Waals surface area contributed by atoms with E-state index in [2.05, 4.69) is 15.3 Å². The second-order valence-corrected chi connectivity index (χ2v) is 9.37. The molecule has 152 valence electrons. The van der Waals surface area contributed by atoms with Crippen molar-refractivity contribution in [3.8, 4) is 11.3 Å². The lowest BCUT2D eigenvalue weighted by Gasteiger charge is -2.28. The van der Waals surface area contributed by atoms with Crippen LogP contribution >= 0.6 is 10.6 Å². The summed E-state index contributed by atoms with van der Waals surface area (Å²) in [5.74, 6) is -0.308. The third kappa shape index (κ3) is 5.20. The van der Waals surface area contributed by atoms with E-state index in [0.717, 1.165) is 16.8 Å². The summed E-state index contributed by atoms with van der Waals surface area (Å²) >= 11 is 0.